The molecular weight excluding hydrogens is 374 g/mol. The first-order chi connectivity index (χ1) is 13.0. The average molecular weight is 396 g/mol. The summed E-state index contributed by atoms with van der Waals surface area (Å²) in [5, 5.41) is 5.86. The fourth-order valence-corrected chi connectivity index (χ4v) is 4.28. The van der Waals surface area contributed by atoms with E-state index in [1.165, 1.54) is 4.70 Å². The number of fused-ring (bicyclic) bond motifs is 1. The maximum absolute atomic E-state index is 5.61. The van der Waals surface area contributed by atoms with E-state index in [2.05, 4.69) is 49.2 Å². The number of thiazole rings is 1. The van der Waals surface area contributed by atoms with Gasteiger partial charge in [0, 0.05) is 12.6 Å². The topological polar surface area (TPSA) is 38.9 Å². The maximum Gasteiger partial charge on any atom is 0.199 e. The van der Waals surface area contributed by atoms with Crippen LogP contribution < -0.4 is 0 Å². The van der Waals surface area contributed by atoms with E-state index in [0.717, 1.165) is 21.9 Å². The Bertz CT molecular complexity index is 1090. The predicted octanol–water partition coefficient (Wildman–Crippen LogP) is 4.88. The van der Waals surface area contributed by atoms with Crippen LogP contribution in [-0.2, 0) is 13.7 Å². The maximum atomic E-state index is 5.61. The van der Waals surface area contributed by atoms with Crippen LogP contribution in [0, 0.1) is 4.77 Å². The lowest BCUT2D eigenvalue weighted by Crippen LogP contribution is -2.26. The molecule has 2 aromatic carbocycles. The molecule has 0 radical (unpaired) electrons. The molecule has 0 bridgehead atoms. The molecule has 0 fully saturated rings. The second-order valence-electron chi connectivity index (χ2n) is 6.62. The monoisotopic (exact) mass is 395 g/mol. The fraction of sp³-hybridized carbons (Fsp3) is 0.250. The van der Waals surface area contributed by atoms with Crippen molar-refractivity contribution in [3.63, 3.8) is 0 Å². The van der Waals surface area contributed by atoms with E-state index in [0.29, 0.717) is 11.4 Å². The van der Waals surface area contributed by atoms with Crippen LogP contribution in [-0.4, -0.2) is 31.3 Å². The van der Waals surface area contributed by atoms with Crippen LogP contribution in [0.2, 0.25) is 0 Å². The molecule has 4 rings (SSSR count). The number of hydrogen-bond donors (Lipinski definition) is 0. The van der Waals surface area contributed by atoms with E-state index in [9.17, 15) is 0 Å². The summed E-state index contributed by atoms with van der Waals surface area (Å²) in [5.74, 6) is 0.877. The van der Waals surface area contributed by atoms with Crippen LogP contribution >= 0.6 is 23.6 Å². The quantitative estimate of drug-likeness (QED) is 0.452. The van der Waals surface area contributed by atoms with Crippen molar-refractivity contribution in [2.45, 2.75) is 19.6 Å². The summed E-state index contributed by atoms with van der Waals surface area (Å²) in [6.07, 6.45) is 0. The third kappa shape index (κ3) is 3.45. The zero-order chi connectivity index (χ0) is 19.0. The Morgan fingerprint density at radius 1 is 1.11 bits per heavy atom. The fourth-order valence-electron chi connectivity index (χ4n) is 3.01. The molecule has 0 saturated heterocycles. The number of hydrogen-bond acceptors (Lipinski definition) is 5. The number of aromatic nitrogens is 4. The van der Waals surface area contributed by atoms with Gasteiger partial charge < -0.3 is 4.57 Å². The molecule has 0 unspecified atom stereocenters. The highest BCUT2D eigenvalue weighted by atomic mass is 32.1. The van der Waals surface area contributed by atoms with Gasteiger partial charge in [-0.1, -0.05) is 42.5 Å². The van der Waals surface area contributed by atoms with Gasteiger partial charge in [0.25, 0.3) is 0 Å². The van der Waals surface area contributed by atoms with Crippen molar-refractivity contribution in [3.8, 4) is 11.4 Å². The van der Waals surface area contributed by atoms with Crippen molar-refractivity contribution in [2.75, 3.05) is 7.05 Å². The van der Waals surface area contributed by atoms with Gasteiger partial charge in [-0.2, -0.15) is 5.10 Å². The first-order valence-corrected chi connectivity index (χ1v) is 10.0. The van der Waals surface area contributed by atoms with Gasteiger partial charge in [0.1, 0.15) is 5.01 Å². The SMILES string of the molecule is C[C@@H](c1nc2ccccc2s1)N(C)Cn1nc(-c2ccccc2)n(C)c1=S. The van der Waals surface area contributed by atoms with Crippen LogP contribution in [0.4, 0.5) is 0 Å². The molecule has 0 aliphatic heterocycles. The minimum Gasteiger partial charge on any atom is -0.303 e. The lowest BCUT2D eigenvalue weighted by Gasteiger charge is -2.22. The Hall–Kier alpha value is -2.35. The van der Waals surface area contributed by atoms with E-state index in [1.54, 1.807) is 11.3 Å². The highest BCUT2D eigenvalue weighted by Crippen LogP contribution is 2.29. The Balaban J connectivity index is 1.59. The van der Waals surface area contributed by atoms with E-state index < -0.39 is 0 Å². The molecule has 5 nitrogen and oxygen atoms in total. The molecular formula is C20H21N5S2. The Morgan fingerprint density at radius 3 is 2.56 bits per heavy atom. The first-order valence-electron chi connectivity index (χ1n) is 8.79. The van der Waals surface area contributed by atoms with Gasteiger partial charge in [0.05, 0.1) is 22.9 Å². The number of rotatable bonds is 5. The Labute approximate surface area is 167 Å². The van der Waals surface area contributed by atoms with Crippen LogP contribution in [0.15, 0.2) is 54.6 Å². The summed E-state index contributed by atoms with van der Waals surface area (Å²) in [6.45, 7) is 2.78. The van der Waals surface area contributed by atoms with Crippen LogP contribution in [0.1, 0.15) is 18.0 Å². The predicted molar refractivity (Wildman–Crippen MR) is 113 cm³/mol. The van der Waals surface area contributed by atoms with Gasteiger partial charge in [-0.15, -0.1) is 11.3 Å². The van der Waals surface area contributed by atoms with E-state index >= 15 is 0 Å². The third-order valence-electron chi connectivity index (χ3n) is 4.76. The summed E-state index contributed by atoms with van der Waals surface area (Å²) in [4.78, 5) is 7.00. The van der Waals surface area contributed by atoms with Gasteiger partial charge in [-0.25, -0.2) is 9.67 Å². The summed E-state index contributed by atoms with van der Waals surface area (Å²) in [7, 11) is 4.04. The van der Waals surface area contributed by atoms with Crippen molar-refractivity contribution in [2.24, 2.45) is 7.05 Å². The zero-order valence-corrected chi connectivity index (χ0v) is 17.2. The molecule has 7 heteroatoms. The molecule has 138 valence electrons. The van der Waals surface area contributed by atoms with E-state index in [-0.39, 0.29) is 6.04 Å². The smallest absolute Gasteiger partial charge is 0.199 e. The zero-order valence-electron chi connectivity index (χ0n) is 15.5. The molecule has 27 heavy (non-hydrogen) atoms. The summed E-state index contributed by atoms with van der Waals surface area (Å²) >= 11 is 7.35. The van der Waals surface area contributed by atoms with Crippen LogP contribution in [0.3, 0.4) is 0 Å². The van der Waals surface area contributed by atoms with Crippen LogP contribution in [0.5, 0.6) is 0 Å². The van der Waals surface area contributed by atoms with Gasteiger partial charge in [-0.05, 0) is 38.3 Å². The molecule has 1 atom stereocenters. The normalized spacial score (nSPS) is 12.7. The molecule has 0 aliphatic rings. The van der Waals surface area contributed by atoms with E-state index in [4.69, 9.17) is 22.3 Å². The van der Waals surface area contributed by atoms with Crippen molar-refractivity contribution >= 4 is 33.8 Å². The van der Waals surface area contributed by atoms with Crippen molar-refractivity contribution in [3.05, 3.63) is 64.4 Å². The van der Waals surface area contributed by atoms with Crippen molar-refractivity contribution in [1.82, 2.24) is 24.2 Å². The highest BCUT2D eigenvalue weighted by molar-refractivity contribution is 7.71. The number of nitrogens with zero attached hydrogens (tertiary/aromatic N) is 5. The van der Waals surface area contributed by atoms with Gasteiger partial charge in [0.2, 0.25) is 0 Å². The lowest BCUT2D eigenvalue weighted by atomic mass is 10.2. The minimum absolute atomic E-state index is 0.173. The molecule has 0 amide bonds. The van der Waals surface area contributed by atoms with Gasteiger partial charge in [-0.3, -0.25) is 4.90 Å². The second kappa shape index (κ2) is 7.34. The van der Waals surface area contributed by atoms with Crippen molar-refractivity contribution in [1.29, 1.82) is 0 Å². The summed E-state index contributed by atoms with van der Waals surface area (Å²) in [6, 6.07) is 18.6. The largest absolute Gasteiger partial charge is 0.303 e. The Kier molecular flexibility index (Phi) is 4.90. The molecule has 2 aromatic heterocycles. The van der Waals surface area contributed by atoms with Crippen molar-refractivity contribution < 1.29 is 0 Å². The lowest BCUT2D eigenvalue weighted by molar-refractivity contribution is 0.194. The Morgan fingerprint density at radius 2 is 1.81 bits per heavy atom. The second-order valence-corrected chi connectivity index (χ2v) is 8.05. The molecule has 0 N–H and O–H groups in total. The number of benzene rings is 2. The molecule has 0 spiro atoms. The molecule has 0 aliphatic carbocycles. The summed E-state index contributed by atoms with van der Waals surface area (Å²) in [5.41, 5.74) is 2.12. The number of para-hydroxylation sites is 1. The third-order valence-corrected chi connectivity index (χ3v) is 6.45. The average Bonchev–Trinajstić information content (AvgIpc) is 3.24. The molecule has 0 saturated carbocycles. The standard InChI is InChI=1S/C20H21N5S2/c1-14(19-21-16-11-7-8-12-17(16)27-19)23(2)13-25-20(26)24(3)18(22-25)15-9-5-4-6-10-15/h4-12,14H,13H2,1-3H3/t14-/m0/s1. The van der Waals surface area contributed by atoms with Gasteiger partial charge in [0.15, 0.2) is 10.6 Å². The summed E-state index contributed by atoms with van der Waals surface area (Å²) < 4.78 is 5.76. The van der Waals surface area contributed by atoms with E-state index in [1.807, 2.05) is 40.6 Å². The van der Waals surface area contributed by atoms with Crippen LogP contribution in [0.25, 0.3) is 21.6 Å². The highest BCUT2D eigenvalue weighted by Gasteiger charge is 2.18. The van der Waals surface area contributed by atoms with Gasteiger partial charge >= 0.3 is 0 Å². The molecule has 2 heterocycles. The minimum atomic E-state index is 0.173. The molecule has 4 aromatic rings. The first kappa shape index (κ1) is 18.0.